The maximum atomic E-state index is 13.1. The summed E-state index contributed by atoms with van der Waals surface area (Å²) in [5.41, 5.74) is -0.0344. The molecule has 196 valence electrons. The Balaban J connectivity index is 1.57. The molecule has 1 aromatic carbocycles. The molecule has 3 aromatic rings. The molecule has 0 bridgehead atoms. The molecule has 0 amide bonds. The molecule has 4 rings (SSSR count). The molecular formula is C18H21N3O13P2. The van der Waals surface area contributed by atoms with Gasteiger partial charge in [0.05, 0.1) is 13.2 Å². The minimum Gasteiger partial charge on any atom is -0.387 e. The highest BCUT2D eigenvalue weighted by atomic mass is 31.3. The summed E-state index contributed by atoms with van der Waals surface area (Å²) < 4.78 is 42.8. The van der Waals surface area contributed by atoms with E-state index >= 15 is 0 Å². The molecule has 36 heavy (non-hydrogen) atoms. The van der Waals surface area contributed by atoms with Crippen LogP contribution < -0.4 is 11.2 Å². The number of para-hydroxylation sites is 1. The highest BCUT2D eigenvalue weighted by Gasteiger charge is 2.46. The monoisotopic (exact) mass is 549 g/mol. The third-order valence-electron chi connectivity index (χ3n) is 5.40. The molecule has 16 nitrogen and oxygen atoms in total. The number of ether oxygens (including phenoxy) is 1. The predicted octanol–water partition coefficient (Wildman–Crippen LogP) is -0.647. The first-order valence-corrected chi connectivity index (χ1v) is 13.2. The lowest BCUT2D eigenvalue weighted by Gasteiger charge is -2.19. The molecule has 1 aliphatic rings. The van der Waals surface area contributed by atoms with Crippen molar-refractivity contribution in [3.8, 4) is 0 Å². The minimum absolute atomic E-state index is 0.278. The highest BCUT2D eigenvalue weighted by Crippen LogP contribution is 2.57. The minimum atomic E-state index is -5.38. The van der Waals surface area contributed by atoms with Crippen LogP contribution in [0.2, 0.25) is 0 Å². The van der Waals surface area contributed by atoms with Gasteiger partial charge in [-0.05, 0) is 18.6 Å². The molecule has 3 heterocycles. The lowest BCUT2D eigenvalue weighted by molar-refractivity contribution is -0.0547. The van der Waals surface area contributed by atoms with Crippen molar-refractivity contribution in [2.75, 3.05) is 6.61 Å². The molecule has 0 aliphatic carbocycles. The second kappa shape index (κ2) is 9.76. The lowest BCUT2D eigenvalue weighted by atomic mass is 10.1. The van der Waals surface area contributed by atoms with Gasteiger partial charge >= 0.3 is 21.3 Å². The van der Waals surface area contributed by atoms with Gasteiger partial charge in [0.15, 0.2) is 11.8 Å². The lowest BCUT2D eigenvalue weighted by Crippen LogP contribution is -2.43. The van der Waals surface area contributed by atoms with E-state index in [1.807, 2.05) is 0 Å². The van der Waals surface area contributed by atoms with Crippen LogP contribution in [-0.2, 0) is 29.2 Å². The van der Waals surface area contributed by atoms with Gasteiger partial charge in [0.1, 0.15) is 24.0 Å². The number of nitrogens with zero attached hydrogens (tertiary/aromatic N) is 3. The molecule has 1 fully saturated rings. The Bertz CT molecular complexity index is 1490. The van der Waals surface area contributed by atoms with E-state index in [2.05, 4.69) is 14.0 Å². The Morgan fingerprint density at radius 3 is 2.53 bits per heavy atom. The van der Waals surface area contributed by atoms with E-state index in [4.69, 9.17) is 19.0 Å². The van der Waals surface area contributed by atoms with Gasteiger partial charge in [-0.2, -0.15) is 4.31 Å². The van der Waals surface area contributed by atoms with Gasteiger partial charge in [-0.25, -0.2) is 13.9 Å². The molecule has 1 unspecified atom stereocenters. The fraction of sp³-hybridized carbons (Fsp3) is 0.389. The largest absolute Gasteiger partial charge is 0.481 e. The Kier molecular flexibility index (Phi) is 7.20. The highest BCUT2D eigenvalue weighted by molar-refractivity contribution is 7.60. The Hall–Kier alpha value is -2.49. The number of benzene rings is 1. The molecule has 5 atom stereocenters. The first-order valence-electron chi connectivity index (χ1n) is 10.2. The van der Waals surface area contributed by atoms with Crippen molar-refractivity contribution in [1.29, 1.82) is 0 Å². The SMILES string of the molecule is Cc1cccc2c(Cn3c(=O)ccn([C@@H]4O[C@H](COP(=O)(O)OP(=O)(O)O)[C@@H](O)[C@H]4O)c3=O)noc12. The van der Waals surface area contributed by atoms with Crippen LogP contribution in [0.4, 0.5) is 0 Å². The van der Waals surface area contributed by atoms with Crippen LogP contribution in [0.15, 0.2) is 44.6 Å². The molecule has 18 heteroatoms. The number of aliphatic hydroxyl groups is 2. The van der Waals surface area contributed by atoms with Crippen molar-refractivity contribution in [3.05, 3.63) is 62.6 Å². The Morgan fingerprint density at radius 2 is 1.83 bits per heavy atom. The quantitative estimate of drug-likeness (QED) is 0.220. The van der Waals surface area contributed by atoms with E-state index < -0.39 is 58.0 Å². The molecule has 0 spiro atoms. The molecule has 0 saturated carbocycles. The fourth-order valence-corrected chi connectivity index (χ4v) is 5.31. The van der Waals surface area contributed by atoms with E-state index in [1.54, 1.807) is 25.1 Å². The van der Waals surface area contributed by atoms with Crippen LogP contribution >= 0.6 is 15.6 Å². The summed E-state index contributed by atoms with van der Waals surface area (Å²) in [5.74, 6) is 0. The Morgan fingerprint density at radius 1 is 1.11 bits per heavy atom. The Labute approximate surface area is 200 Å². The van der Waals surface area contributed by atoms with Crippen molar-refractivity contribution >= 4 is 26.6 Å². The molecule has 0 radical (unpaired) electrons. The van der Waals surface area contributed by atoms with Gasteiger partial charge in [-0.3, -0.25) is 18.5 Å². The van der Waals surface area contributed by atoms with Gasteiger partial charge in [0, 0.05) is 17.6 Å². The number of phosphoric ester groups is 1. The summed E-state index contributed by atoms with van der Waals surface area (Å²) in [6.45, 7) is 0.582. The summed E-state index contributed by atoms with van der Waals surface area (Å²) in [7, 11) is -10.6. The zero-order valence-electron chi connectivity index (χ0n) is 18.3. The number of fused-ring (bicyclic) bond motifs is 1. The van der Waals surface area contributed by atoms with Crippen molar-refractivity contribution in [3.63, 3.8) is 0 Å². The van der Waals surface area contributed by atoms with Crippen molar-refractivity contribution in [1.82, 2.24) is 14.3 Å². The van der Waals surface area contributed by atoms with Crippen LogP contribution in [0.1, 0.15) is 17.5 Å². The number of aryl methyl sites for hydroxylation is 1. The van der Waals surface area contributed by atoms with E-state index in [0.29, 0.717) is 16.7 Å². The second-order valence-electron chi connectivity index (χ2n) is 7.89. The van der Waals surface area contributed by atoms with Crippen molar-refractivity contribution < 1.29 is 52.1 Å². The zero-order chi connectivity index (χ0) is 26.4. The fourth-order valence-electron chi connectivity index (χ4n) is 3.71. The number of hydrogen-bond donors (Lipinski definition) is 5. The van der Waals surface area contributed by atoms with Crippen molar-refractivity contribution in [2.45, 2.75) is 38.0 Å². The number of phosphoric acid groups is 2. The third kappa shape index (κ3) is 5.43. The summed E-state index contributed by atoms with van der Waals surface area (Å²) in [5, 5.41) is 25.2. The number of hydrogen-bond acceptors (Lipinski definition) is 11. The maximum absolute atomic E-state index is 13.1. The second-order valence-corrected chi connectivity index (χ2v) is 10.7. The number of aliphatic hydroxyl groups excluding tert-OH is 2. The normalized spacial score (nSPS) is 24.3. The van der Waals surface area contributed by atoms with Crippen LogP contribution in [0.25, 0.3) is 11.0 Å². The summed E-state index contributed by atoms with van der Waals surface area (Å²) in [4.78, 5) is 52.3. The van der Waals surface area contributed by atoms with Gasteiger partial charge in [-0.15, -0.1) is 0 Å². The van der Waals surface area contributed by atoms with Crippen molar-refractivity contribution in [2.24, 2.45) is 0 Å². The van der Waals surface area contributed by atoms with Crippen LogP contribution in [0.5, 0.6) is 0 Å². The smallest absolute Gasteiger partial charge is 0.387 e. The van der Waals surface area contributed by atoms with Crippen LogP contribution in [-0.4, -0.2) is 64.1 Å². The number of rotatable bonds is 8. The topological polar surface area (TPSA) is 233 Å². The number of aromatic nitrogens is 3. The van der Waals surface area contributed by atoms with Gasteiger partial charge < -0.3 is 34.2 Å². The molecule has 2 aromatic heterocycles. The average molecular weight is 549 g/mol. The van der Waals surface area contributed by atoms with E-state index in [9.17, 15) is 33.8 Å². The van der Waals surface area contributed by atoms with Crippen LogP contribution in [0, 0.1) is 6.92 Å². The van der Waals surface area contributed by atoms with E-state index in [-0.39, 0.29) is 6.54 Å². The first-order chi connectivity index (χ1) is 16.8. The third-order valence-corrected chi connectivity index (χ3v) is 7.55. The molecule has 1 saturated heterocycles. The van der Waals surface area contributed by atoms with Gasteiger partial charge in [-0.1, -0.05) is 17.3 Å². The predicted molar refractivity (Wildman–Crippen MR) is 118 cm³/mol. The van der Waals surface area contributed by atoms with E-state index in [0.717, 1.165) is 27.0 Å². The van der Waals surface area contributed by atoms with Gasteiger partial charge in [0.2, 0.25) is 0 Å². The van der Waals surface area contributed by atoms with Gasteiger partial charge in [0.25, 0.3) is 5.56 Å². The summed E-state index contributed by atoms with van der Waals surface area (Å²) >= 11 is 0. The molecule has 1 aliphatic heterocycles. The maximum Gasteiger partial charge on any atom is 0.481 e. The summed E-state index contributed by atoms with van der Waals surface area (Å²) in [6.07, 6.45) is -5.53. The standard InChI is InChI=1S/C18H21N3O13P2/c1-9-3-2-4-10-11(19-33-16(9)10)7-21-13(22)5-6-20(18(21)25)17-15(24)14(23)12(32-17)8-31-36(29,30)34-35(26,27)28/h2-6,12,14-15,17,23-24H,7-8H2,1H3,(H,29,30)(H2,26,27,28)/t12-,14-,15-,17-/m1/s1. The van der Waals surface area contributed by atoms with Crippen LogP contribution in [0.3, 0.4) is 0 Å². The first kappa shape index (κ1) is 26.6. The van der Waals surface area contributed by atoms with E-state index in [1.165, 1.54) is 0 Å². The summed E-state index contributed by atoms with van der Waals surface area (Å²) in [6, 6.07) is 6.29. The molecule has 5 N–H and O–H groups in total. The zero-order valence-corrected chi connectivity index (χ0v) is 20.1. The average Bonchev–Trinajstić information content (AvgIpc) is 3.31. The molecular weight excluding hydrogens is 528 g/mol.